The van der Waals surface area contributed by atoms with Gasteiger partial charge in [-0.15, -0.1) is 0 Å². The van der Waals surface area contributed by atoms with Crippen molar-refractivity contribution in [3.63, 3.8) is 0 Å². The zero-order valence-corrected chi connectivity index (χ0v) is 12.2. The molecule has 0 bridgehead atoms. The molecule has 1 rings (SSSR count). The number of anilines is 1. The Morgan fingerprint density at radius 2 is 1.72 bits per heavy atom. The van der Waals surface area contributed by atoms with Gasteiger partial charge in [-0.2, -0.15) is 0 Å². The summed E-state index contributed by atoms with van der Waals surface area (Å²) in [5.74, 6) is -0.485. The zero-order chi connectivity index (χ0) is 14.2. The van der Waals surface area contributed by atoms with Crippen LogP contribution in [-0.4, -0.2) is 13.2 Å². The Hall–Kier alpha value is -0.900. The highest BCUT2D eigenvalue weighted by Gasteiger charge is 2.29. The topological polar surface area (TPSA) is 61.5 Å². The van der Waals surface area contributed by atoms with Crippen LogP contribution in [0.3, 0.4) is 0 Å². The van der Waals surface area contributed by atoms with Gasteiger partial charge in [-0.3, -0.25) is 4.57 Å². The third-order valence-corrected chi connectivity index (χ3v) is 4.08. The molecule has 0 aliphatic rings. The minimum atomic E-state index is -3.42. The maximum atomic E-state index is 12.9. The Bertz CT molecular complexity index is 402. The van der Waals surface area contributed by atoms with E-state index in [0.717, 1.165) is 6.07 Å². The predicted octanol–water partition coefficient (Wildman–Crippen LogP) is 3.33. The molecule has 18 heavy (non-hydrogen) atoms. The van der Waals surface area contributed by atoms with Gasteiger partial charge in [0.25, 0.3) is 0 Å². The van der Waals surface area contributed by atoms with Gasteiger partial charge in [0.1, 0.15) is 5.82 Å². The third kappa shape index (κ3) is 4.41. The van der Waals surface area contributed by atoms with E-state index in [0.29, 0.717) is 0 Å². The average molecular weight is 277 g/mol. The van der Waals surface area contributed by atoms with Crippen molar-refractivity contribution in [1.29, 1.82) is 0 Å². The van der Waals surface area contributed by atoms with Gasteiger partial charge in [-0.25, -0.2) is 4.39 Å². The normalized spacial score (nSPS) is 10.7. The summed E-state index contributed by atoms with van der Waals surface area (Å²) in [5.41, 5.74) is 5.67. The van der Waals surface area contributed by atoms with Crippen molar-refractivity contribution in [3.8, 4) is 0 Å². The minimum absolute atomic E-state index is 0.0743. The van der Waals surface area contributed by atoms with Crippen LogP contribution in [0.1, 0.15) is 27.7 Å². The number of hydrogen-bond donors (Lipinski definition) is 1. The van der Waals surface area contributed by atoms with Crippen LogP contribution in [0.15, 0.2) is 18.2 Å². The molecule has 0 spiro atoms. The van der Waals surface area contributed by atoms with Crippen molar-refractivity contribution in [3.05, 3.63) is 24.0 Å². The van der Waals surface area contributed by atoms with Gasteiger partial charge in [0.05, 0.1) is 18.5 Å². The summed E-state index contributed by atoms with van der Waals surface area (Å²) in [4.78, 5) is 0. The maximum Gasteiger partial charge on any atom is 0.363 e. The Balaban J connectivity index is 0.00000137. The predicted molar refractivity (Wildman–Crippen MR) is 72.7 cm³/mol. The van der Waals surface area contributed by atoms with Crippen molar-refractivity contribution < 1.29 is 18.0 Å². The van der Waals surface area contributed by atoms with Gasteiger partial charge in [0, 0.05) is 5.69 Å². The fourth-order valence-electron chi connectivity index (χ4n) is 1.29. The molecule has 0 atom stereocenters. The van der Waals surface area contributed by atoms with Gasteiger partial charge in [0.2, 0.25) is 0 Å². The van der Waals surface area contributed by atoms with E-state index >= 15 is 0 Å². The van der Waals surface area contributed by atoms with Crippen LogP contribution in [-0.2, 0) is 13.6 Å². The van der Waals surface area contributed by atoms with Gasteiger partial charge < -0.3 is 14.8 Å². The molecule has 0 aliphatic carbocycles. The molecule has 0 aliphatic heterocycles. The van der Waals surface area contributed by atoms with E-state index < -0.39 is 13.4 Å². The van der Waals surface area contributed by atoms with Gasteiger partial charge >= 0.3 is 7.60 Å². The Labute approximate surface area is 108 Å². The lowest BCUT2D eigenvalue weighted by atomic mass is 10.3. The van der Waals surface area contributed by atoms with E-state index in [1.807, 2.05) is 13.8 Å². The summed E-state index contributed by atoms with van der Waals surface area (Å²) in [6.07, 6.45) is 0. The van der Waals surface area contributed by atoms with E-state index in [1.54, 1.807) is 13.8 Å². The first kappa shape index (κ1) is 17.1. The second kappa shape index (κ2) is 8.25. The first-order valence-electron chi connectivity index (χ1n) is 5.98. The van der Waals surface area contributed by atoms with Crippen molar-refractivity contribution in [1.82, 2.24) is 0 Å². The van der Waals surface area contributed by atoms with E-state index in [1.165, 1.54) is 12.1 Å². The summed E-state index contributed by atoms with van der Waals surface area (Å²) in [6.45, 7) is 7.86. The quantitative estimate of drug-likeness (QED) is 0.662. The van der Waals surface area contributed by atoms with E-state index in [-0.39, 0.29) is 24.2 Å². The molecule has 1 aromatic carbocycles. The Morgan fingerprint density at radius 1 is 1.22 bits per heavy atom. The summed E-state index contributed by atoms with van der Waals surface area (Å²) in [5, 5.41) is 0.206. The molecule has 0 unspecified atom stereocenters. The number of benzene rings is 1. The molecule has 0 saturated heterocycles. The van der Waals surface area contributed by atoms with Crippen LogP contribution < -0.4 is 11.0 Å². The number of nitrogens with two attached hydrogens (primary N) is 1. The van der Waals surface area contributed by atoms with Crippen LogP contribution in [0, 0.1) is 5.82 Å². The van der Waals surface area contributed by atoms with Crippen LogP contribution in [0.5, 0.6) is 0 Å². The highest BCUT2D eigenvalue weighted by Crippen LogP contribution is 2.48. The van der Waals surface area contributed by atoms with E-state index in [4.69, 9.17) is 14.8 Å². The second-order valence-electron chi connectivity index (χ2n) is 3.04. The number of rotatable bonds is 5. The van der Waals surface area contributed by atoms with Crippen molar-refractivity contribution >= 4 is 18.6 Å². The first-order chi connectivity index (χ1) is 8.53. The highest BCUT2D eigenvalue weighted by molar-refractivity contribution is 7.62. The van der Waals surface area contributed by atoms with Crippen LogP contribution in [0.2, 0.25) is 0 Å². The van der Waals surface area contributed by atoms with Gasteiger partial charge in [-0.1, -0.05) is 13.8 Å². The monoisotopic (exact) mass is 277 g/mol. The standard InChI is InChI=1S/C10H15FNO3P.C2H6/c1-3-14-16(13,15-4-2)10-6-5-8(11)7-9(10)12;1-2/h5-7H,3-4,12H2,1-2H3;1-2H3. The molecule has 0 saturated carbocycles. The lowest BCUT2D eigenvalue weighted by molar-refractivity contribution is 0.230. The SMILES string of the molecule is CC.CCOP(=O)(OCC)c1ccc(F)cc1N. The average Bonchev–Trinajstić information content (AvgIpc) is 2.31. The summed E-state index contributed by atoms with van der Waals surface area (Å²) in [6, 6.07) is 3.60. The zero-order valence-electron chi connectivity index (χ0n) is 11.3. The molecular weight excluding hydrogens is 256 g/mol. The molecule has 0 amide bonds. The maximum absolute atomic E-state index is 12.9. The van der Waals surface area contributed by atoms with Crippen molar-refractivity contribution in [2.75, 3.05) is 18.9 Å². The molecule has 6 heteroatoms. The summed E-state index contributed by atoms with van der Waals surface area (Å²) in [7, 11) is -3.42. The fraction of sp³-hybridized carbons (Fsp3) is 0.500. The Morgan fingerprint density at radius 3 is 2.11 bits per heavy atom. The van der Waals surface area contributed by atoms with Crippen LogP contribution in [0.25, 0.3) is 0 Å². The molecular formula is C12H21FNO3P. The molecule has 2 N–H and O–H groups in total. The first-order valence-corrected chi connectivity index (χ1v) is 7.52. The van der Waals surface area contributed by atoms with Crippen LogP contribution >= 0.6 is 7.60 Å². The molecule has 0 fully saturated rings. The number of nitrogen functional groups attached to an aromatic ring is 1. The molecule has 104 valence electrons. The van der Waals surface area contributed by atoms with Crippen molar-refractivity contribution in [2.45, 2.75) is 27.7 Å². The highest BCUT2D eigenvalue weighted by atomic mass is 31.2. The van der Waals surface area contributed by atoms with Crippen molar-refractivity contribution in [2.24, 2.45) is 0 Å². The minimum Gasteiger partial charge on any atom is -0.398 e. The lowest BCUT2D eigenvalue weighted by Gasteiger charge is -2.18. The number of halogens is 1. The Kier molecular flexibility index (Phi) is 7.83. The number of hydrogen-bond acceptors (Lipinski definition) is 4. The molecule has 0 radical (unpaired) electrons. The third-order valence-electron chi connectivity index (χ3n) is 1.88. The fourth-order valence-corrected chi connectivity index (χ4v) is 2.96. The molecule has 1 aromatic rings. The summed E-state index contributed by atoms with van der Waals surface area (Å²) < 4.78 is 35.4. The molecule has 4 nitrogen and oxygen atoms in total. The van der Waals surface area contributed by atoms with Crippen LogP contribution in [0.4, 0.5) is 10.1 Å². The van der Waals surface area contributed by atoms with E-state index in [9.17, 15) is 8.96 Å². The summed E-state index contributed by atoms with van der Waals surface area (Å²) >= 11 is 0. The van der Waals surface area contributed by atoms with Gasteiger partial charge in [0.15, 0.2) is 0 Å². The lowest BCUT2D eigenvalue weighted by Crippen LogP contribution is -2.15. The molecule has 0 aromatic heterocycles. The second-order valence-corrected chi connectivity index (χ2v) is 5.03. The largest absolute Gasteiger partial charge is 0.398 e. The van der Waals surface area contributed by atoms with Gasteiger partial charge in [-0.05, 0) is 32.0 Å². The smallest absolute Gasteiger partial charge is 0.363 e. The van der Waals surface area contributed by atoms with E-state index in [2.05, 4.69) is 0 Å². The molecule has 0 heterocycles.